The first-order chi connectivity index (χ1) is 12.8. The van der Waals surface area contributed by atoms with Crippen LogP contribution >= 0.6 is 11.8 Å². The zero-order chi connectivity index (χ0) is 17.3. The van der Waals surface area contributed by atoms with Crippen LogP contribution < -0.4 is 10.2 Å². The molecule has 3 heterocycles. The molecular formula is C21H16N4S. The maximum absolute atomic E-state index is 4.92. The molecular weight excluding hydrogens is 340 g/mol. The van der Waals surface area contributed by atoms with Gasteiger partial charge in [0.1, 0.15) is 0 Å². The zero-order valence-electron chi connectivity index (χ0n) is 14.2. The number of nitrogens with one attached hydrogen (secondary N) is 1. The minimum atomic E-state index is 0.0889. The Morgan fingerprint density at radius 3 is 2.73 bits per heavy atom. The van der Waals surface area contributed by atoms with Crippen molar-refractivity contribution in [2.24, 2.45) is 0 Å². The van der Waals surface area contributed by atoms with Crippen molar-refractivity contribution in [1.29, 1.82) is 0 Å². The van der Waals surface area contributed by atoms with Crippen LogP contribution in [0.5, 0.6) is 0 Å². The molecule has 126 valence electrons. The Balaban J connectivity index is 1.70. The van der Waals surface area contributed by atoms with Gasteiger partial charge in [-0.1, -0.05) is 30.3 Å². The third-order valence-electron chi connectivity index (χ3n) is 5.06. The van der Waals surface area contributed by atoms with Crippen molar-refractivity contribution in [3.05, 3.63) is 72.3 Å². The van der Waals surface area contributed by atoms with Crippen molar-refractivity contribution in [3.8, 4) is 5.69 Å². The molecule has 0 aliphatic carbocycles. The summed E-state index contributed by atoms with van der Waals surface area (Å²) in [6.07, 6.45) is 0. The fourth-order valence-corrected chi connectivity index (χ4v) is 5.07. The van der Waals surface area contributed by atoms with Gasteiger partial charge in [0, 0.05) is 0 Å². The fraction of sp³-hybridized carbons (Fsp3) is 0.0952. The van der Waals surface area contributed by atoms with E-state index in [2.05, 4.69) is 82.4 Å². The van der Waals surface area contributed by atoms with E-state index in [9.17, 15) is 0 Å². The lowest BCUT2D eigenvalue weighted by Crippen LogP contribution is -2.28. The minimum Gasteiger partial charge on any atom is -0.354 e. The number of anilines is 3. The molecule has 0 saturated heterocycles. The van der Waals surface area contributed by atoms with E-state index in [-0.39, 0.29) is 5.50 Å². The molecule has 1 N–H and O–H groups in total. The summed E-state index contributed by atoms with van der Waals surface area (Å²) in [4.78, 5) is 7.31. The first-order valence-corrected chi connectivity index (χ1v) is 9.57. The molecule has 0 radical (unpaired) electrons. The number of aryl methyl sites for hydroxylation is 1. The first kappa shape index (κ1) is 14.3. The molecule has 0 amide bonds. The quantitative estimate of drug-likeness (QED) is 0.464. The van der Waals surface area contributed by atoms with E-state index in [0.29, 0.717) is 0 Å². The molecule has 1 atom stereocenters. The van der Waals surface area contributed by atoms with Gasteiger partial charge in [-0.05, 0) is 60.6 Å². The van der Waals surface area contributed by atoms with Crippen molar-refractivity contribution in [2.45, 2.75) is 17.6 Å². The van der Waals surface area contributed by atoms with Gasteiger partial charge in [-0.2, -0.15) is 0 Å². The van der Waals surface area contributed by atoms with Crippen LogP contribution in [0, 0.1) is 6.92 Å². The van der Waals surface area contributed by atoms with Crippen molar-refractivity contribution in [1.82, 2.24) is 9.55 Å². The lowest BCUT2D eigenvalue weighted by atomic mass is 10.1. The van der Waals surface area contributed by atoms with Gasteiger partial charge >= 0.3 is 0 Å². The van der Waals surface area contributed by atoms with E-state index in [1.807, 2.05) is 6.07 Å². The number of rotatable bonds is 0. The van der Waals surface area contributed by atoms with Crippen molar-refractivity contribution >= 4 is 39.9 Å². The van der Waals surface area contributed by atoms with Gasteiger partial charge in [-0.3, -0.25) is 4.57 Å². The highest BCUT2D eigenvalue weighted by atomic mass is 32.2. The van der Waals surface area contributed by atoms with Gasteiger partial charge < -0.3 is 10.2 Å². The second-order valence-electron chi connectivity index (χ2n) is 6.71. The number of aromatic nitrogens is 2. The van der Waals surface area contributed by atoms with Crippen molar-refractivity contribution in [2.75, 3.05) is 10.2 Å². The lowest BCUT2D eigenvalue weighted by molar-refractivity contribution is 0.925. The molecule has 4 aromatic rings. The van der Waals surface area contributed by atoms with E-state index in [1.54, 1.807) is 11.8 Å². The smallest absolute Gasteiger partial charge is 0.177 e. The highest BCUT2D eigenvalue weighted by molar-refractivity contribution is 8.00. The maximum Gasteiger partial charge on any atom is 0.177 e. The summed E-state index contributed by atoms with van der Waals surface area (Å²) in [6, 6.07) is 23.5. The number of para-hydroxylation sites is 4. The standard InChI is InChI=1S/C21H16N4S/c1-13-10-11-18-19(12-13)25-17-9-5-3-7-15(17)23-21(25)26-20-22-14-6-2-4-8-16(14)24(18)20/h2-12,21,23H,1H3. The molecule has 3 aromatic carbocycles. The van der Waals surface area contributed by atoms with E-state index in [4.69, 9.17) is 4.98 Å². The number of hydrogen-bond donors (Lipinski definition) is 1. The minimum absolute atomic E-state index is 0.0889. The number of hydrogen-bond acceptors (Lipinski definition) is 4. The van der Waals surface area contributed by atoms with Crippen LogP contribution in [0.25, 0.3) is 16.7 Å². The largest absolute Gasteiger partial charge is 0.354 e. The molecule has 6 rings (SSSR count). The van der Waals surface area contributed by atoms with E-state index in [0.717, 1.165) is 16.2 Å². The van der Waals surface area contributed by atoms with Crippen LogP contribution in [-0.2, 0) is 0 Å². The van der Waals surface area contributed by atoms with Crippen LogP contribution in [0.1, 0.15) is 5.56 Å². The molecule has 0 saturated carbocycles. The number of imidazole rings is 1. The summed E-state index contributed by atoms with van der Waals surface area (Å²) in [5.74, 6) is 0. The Morgan fingerprint density at radius 2 is 1.77 bits per heavy atom. The monoisotopic (exact) mass is 356 g/mol. The summed E-state index contributed by atoms with van der Waals surface area (Å²) in [6.45, 7) is 2.15. The molecule has 0 fully saturated rings. The van der Waals surface area contributed by atoms with E-state index < -0.39 is 0 Å². The predicted octanol–water partition coefficient (Wildman–Crippen LogP) is 5.29. The molecule has 1 aromatic heterocycles. The number of nitrogens with zero attached hydrogens (tertiary/aromatic N) is 3. The van der Waals surface area contributed by atoms with Crippen molar-refractivity contribution in [3.63, 3.8) is 0 Å². The third-order valence-corrected chi connectivity index (χ3v) is 6.09. The molecule has 2 aliphatic heterocycles. The predicted molar refractivity (Wildman–Crippen MR) is 108 cm³/mol. The van der Waals surface area contributed by atoms with Gasteiger partial charge in [-0.15, -0.1) is 0 Å². The average Bonchev–Trinajstić information content (AvgIpc) is 3.16. The van der Waals surface area contributed by atoms with Gasteiger partial charge in [-0.25, -0.2) is 4.98 Å². The molecule has 0 spiro atoms. The van der Waals surface area contributed by atoms with Crippen LogP contribution in [0.2, 0.25) is 0 Å². The zero-order valence-corrected chi connectivity index (χ0v) is 15.0. The summed E-state index contributed by atoms with van der Waals surface area (Å²) < 4.78 is 2.29. The van der Waals surface area contributed by atoms with Crippen LogP contribution in [0.3, 0.4) is 0 Å². The lowest BCUT2D eigenvalue weighted by Gasteiger charge is -2.25. The molecule has 2 aliphatic rings. The Morgan fingerprint density at radius 1 is 0.923 bits per heavy atom. The maximum atomic E-state index is 4.92. The Bertz CT molecular complexity index is 1180. The third kappa shape index (κ3) is 1.83. The highest BCUT2D eigenvalue weighted by Crippen LogP contribution is 2.50. The Hall–Kier alpha value is -2.92. The first-order valence-electron chi connectivity index (χ1n) is 8.69. The molecule has 0 bridgehead atoms. The second-order valence-corrected chi connectivity index (χ2v) is 7.76. The molecule has 26 heavy (non-hydrogen) atoms. The van der Waals surface area contributed by atoms with E-state index >= 15 is 0 Å². The topological polar surface area (TPSA) is 33.1 Å². The normalized spacial score (nSPS) is 17.1. The molecule has 4 nitrogen and oxygen atoms in total. The highest BCUT2D eigenvalue weighted by Gasteiger charge is 2.36. The van der Waals surface area contributed by atoms with Crippen LogP contribution in [0.15, 0.2) is 71.9 Å². The number of fused-ring (bicyclic) bond motifs is 9. The fourth-order valence-electron chi connectivity index (χ4n) is 3.90. The van der Waals surface area contributed by atoms with Crippen molar-refractivity contribution < 1.29 is 0 Å². The van der Waals surface area contributed by atoms with Crippen LogP contribution in [-0.4, -0.2) is 15.0 Å². The molecule has 5 heteroatoms. The number of thioether (sulfide) groups is 1. The summed E-state index contributed by atoms with van der Waals surface area (Å²) in [5.41, 5.74) is 8.29. The molecule has 1 unspecified atom stereocenters. The summed E-state index contributed by atoms with van der Waals surface area (Å²) in [5, 5.41) is 4.68. The Kier molecular flexibility index (Phi) is 2.77. The van der Waals surface area contributed by atoms with E-state index in [1.165, 1.54) is 28.3 Å². The van der Waals surface area contributed by atoms with Crippen LogP contribution in [0.4, 0.5) is 17.1 Å². The summed E-state index contributed by atoms with van der Waals surface area (Å²) in [7, 11) is 0. The van der Waals surface area contributed by atoms with Gasteiger partial charge in [0.2, 0.25) is 0 Å². The van der Waals surface area contributed by atoms with Gasteiger partial charge in [0.25, 0.3) is 0 Å². The Labute approximate surface area is 155 Å². The average molecular weight is 356 g/mol. The van der Waals surface area contributed by atoms with Gasteiger partial charge in [0.15, 0.2) is 10.7 Å². The SMILES string of the molecule is Cc1ccc2c(c1)N1c3ccccc3NC1Sc1nc3ccccc3n1-2. The van der Waals surface area contributed by atoms with Gasteiger partial charge in [0.05, 0.1) is 33.8 Å². The number of benzene rings is 3. The second kappa shape index (κ2) is 5.05. The summed E-state index contributed by atoms with van der Waals surface area (Å²) >= 11 is 1.76.